The van der Waals surface area contributed by atoms with Gasteiger partial charge in [-0.15, -0.1) is 21.5 Å². The van der Waals surface area contributed by atoms with Crippen LogP contribution in [0.25, 0.3) is 10.7 Å². The Morgan fingerprint density at radius 3 is 3.00 bits per heavy atom. The first-order valence-electron chi connectivity index (χ1n) is 8.25. The molecule has 0 amide bonds. The third kappa shape index (κ3) is 3.94. The second kappa shape index (κ2) is 7.68. The van der Waals surface area contributed by atoms with Gasteiger partial charge in [0.15, 0.2) is 11.0 Å². The van der Waals surface area contributed by atoms with Crippen molar-refractivity contribution in [3.63, 3.8) is 0 Å². The van der Waals surface area contributed by atoms with E-state index in [1.807, 2.05) is 17.5 Å². The molecule has 4 rings (SSSR count). The van der Waals surface area contributed by atoms with Crippen LogP contribution in [0.2, 0.25) is 0 Å². The molecular formula is C18H18FN3OS2. The molecule has 25 heavy (non-hydrogen) atoms. The van der Waals surface area contributed by atoms with Gasteiger partial charge < -0.3 is 4.74 Å². The maximum absolute atomic E-state index is 13.4. The minimum Gasteiger partial charge on any atom is -0.376 e. The van der Waals surface area contributed by atoms with E-state index >= 15 is 0 Å². The molecule has 0 unspecified atom stereocenters. The Kier molecular flexibility index (Phi) is 5.14. The first-order valence-corrected chi connectivity index (χ1v) is 10.1. The first kappa shape index (κ1) is 16.8. The van der Waals surface area contributed by atoms with Crippen molar-refractivity contribution in [3.05, 3.63) is 53.2 Å². The lowest BCUT2D eigenvalue weighted by molar-refractivity contribution is 0.0953. The number of halogens is 1. The highest BCUT2D eigenvalue weighted by Crippen LogP contribution is 2.30. The van der Waals surface area contributed by atoms with Crippen molar-refractivity contribution in [1.29, 1.82) is 0 Å². The van der Waals surface area contributed by atoms with Crippen LogP contribution in [0.15, 0.2) is 46.9 Å². The van der Waals surface area contributed by atoms with Crippen molar-refractivity contribution in [2.75, 3.05) is 6.61 Å². The lowest BCUT2D eigenvalue weighted by Gasteiger charge is -2.14. The summed E-state index contributed by atoms with van der Waals surface area (Å²) in [5, 5.41) is 11.7. The molecule has 2 aromatic heterocycles. The average Bonchev–Trinajstić information content (AvgIpc) is 3.36. The Bertz CT molecular complexity index is 829. The molecular weight excluding hydrogens is 357 g/mol. The molecule has 0 bridgehead atoms. The van der Waals surface area contributed by atoms with Gasteiger partial charge in [0, 0.05) is 12.4 Å². The zero-order valence-electron chi connectivity index (χ0n) is 13.6. The summed E-state index contributed by atoms with van der Waals surface area (Å²) in [5.74, 6) is 1.33. The topological polar surface area (TPSA) is 39.9 Å². The van der Waals surface area contributed by atoms with Gasteiger partial charge in [0.2, 0.25) is 0 Å². The molecule has 1 fully saturated rings. The highest BCUT2D eigenvalue weighted by Gasteiger charge is 2.22. The molecule has 4 nitrogen and oxygen atoms in total. The summed E-state index contributed by atoms with van der Waals surface area (Å²) >= 11 is 3.24. The molecule has 0 N–H and O–H groups in total. The number of thioether (sulfide) groups is 1. The summed E-state index contributed by atoms with van der Waals surface area (Å²) in [7, 11) is 0. The number of aromatic nitrogens is 3. The average molecular weight is 375 g/mol. The quantitative estimate of drug-likeness (QED) is 0.590. The van der Waals surface area contributed by atoms with Gasteiger partial charge in [-0.2, -0.15) is 0 Å². The predicted octanol–water partition coefficient (Wildman–Crippen LogP) is 4.62. The highest BCUT2D eigenvalue weighted by molar-refractivity contribution is 7.98. The Morgan fingerprint density at radius 1 is 1.28 bits per heavy atom. The van der Waals surface area contributed by atoms with Crippen LogP contribution in [0.4, 0.5) is 4.39 Å². The van der Waals surface area contributed by atoms with Crippen molar-refractivity contribution in [2.45, 2.75) is 36.4 Å². The first-order chi connectivity index (χ1) is 12.3. The van der Waals surface area contributed by atoms with Crippen LogP contribution in [-0.2, 0) is 17.0 Å². The van der Waals surface area contributed by atoms with E-state index in [0.717, 1.165) is 47.4 Å². The molecule has 3 aromatic rings. The van der Waals surface area contributed by atoms with Crippen molar-refractivity contribution < 1.29 is 9.13 Å². The van der Waals surface area contributed by atoms with Gasteiger partial charge in [-0.05, 0) is 42.0 Å². The molecule has 1 aliphatic heterocycles. The van der Waals surface area contributed by atoms with Gasteiger partial charge in [-0.25, -0.2) is 4.39 Å². The largest absolute Gasteiger partial charge is 0.376 e. The fourth-order valence-corrected chi connectivity index (χ4v) is 4.52. The maximum atomic E-state index is 13.4. The van der Waals surface area contributed by atoms with Crippen LogP contribution in [-0.4, -0.2) is 27.5 Å². The molecule has 0 radical (unpaired) electrons. The van der Waals surface area contributed by atoms with Crippen LogP contribution in [0, 0.1) is 5.82 Å². The van der Waals surface area contributed by atoms with Gasteiger partial charge in [0.05, 0.1) is 17.5 Å². The van der Waals surface area contributed by atoms with Crippen LogP contribution in [0.1, 0.15) is 18.4 Å². The van der Waals surface area contributed by atoms with Crippen LogP contribution >= 0.6 is 23.1 Å². The molecule has 1 saturated heterocycles. The highest BCUT2D eigenvalue weighted by atomic mass is 32.2. The SMILES string of the molecule is Fc1cccc(CSc2nnc(-c3cccs3)n2C[C@@H]2CCCO2)c1. The number of rotatable bonds is 6. The summed E-state index contributed by atoms with van der Waals surface area (Å²) in [6, 6.07) is 10.8. The Morgan fingerprint density at radius 2 is 2.24 bits per heavy atom. The van der Waals surface area contributed by atoms with Crippen LogP contribution < -0.4 is 0 Å². The fourth-order valence-electron chi connectivity index (χ4n) is 2.91. The fraction of sp³-hybridized carbons (Fsp3) is 0.333. The molecule has 0 aliphatic carbocycles. The van der Waals surface area contributed by atoms with Gasteiger partial charge in [0.25, 0.3) is 0 Å². The zero-order chi connectivity index (χ0) is 17.1. The number of hydrogen-bond donors (Lipinski definition) is 0. The van der Waals surface area contributed by atoms with E-state index in [0.29, 0.717) is 5.75 Å². The van der Waals surface area contributed by atoms with E-state index in [9.17, 15) is 4.39 Å². The van der Waals surface area contributed by atoms with Gasteiger partial charge in [-0.1, -0.05) is 30.0 Å². The van der Waals surface area contributed by atoms with Gasteiger partial charge in [0.1, 0.15) is 5.82 Å². The van der Waals surface area contributed by atoms with Crippen molar-refractivity contribution in [3.8, 4) is 10.7 Å². The normalized spacial score (nSPS) is 17.2. The standard InChI is InChI=1S/C18H18FN3OS2/c19-14-5-1-4-13(10-14)12-25-18-21-20-17(16-7-3-9-24-16)22(18)11-15-6-2-8-23-15/h1,3-5,7,9-10,15H,2,6,8,11-12H2/t15-/m0/s1. The van der Waals surface area contributed by atoms with Crippen molar-refractivity contribution in [1.82, 2.24) is 14.8 Å². The Labute approximate surface area is 154 Å². The van der Waals surface area contributed by atoms with E-state index in [4.69, 9.17) is 4.74 Å². The lowest BCUT2D eigenvalue weighted by atomic mass is 10.2. The zero-order valence-corrected chi connectivity index (χ0v) is 15.2. The van der Waals surface area contributed by atoms with E-state index in [-0.39, 0.29) is 11.9 Å². The minimum absolute atomic E-state index is 0.210. The van der Waals surface area contributed by atoms with E-state index < -0.39 is 0 Å². The molecule has 1 atom stereocenters. The molecule has 0 saturated carbocycles. The summed E-state index contributed by atoms with van der Waals surface area (Å²) in [6.45, 7) is 1.58. The minimum atomic E-state index is -0.210. The molecule has 130 valence electrons. The number of nitrogens with zero attached hydrogens (tertiary/aromatic N) is 3. The number of thiophene rings is 1. The van der Waals surface area contributed by atoms with Crippen molar-refractivity contribution in [2.24, 2.45) is 0 Å². The molecule has 1 aliphatic rings. The smallest absolute Gasteiger partial charge is 0.191 e. The maximum Gasteiger partial charge on any atom is 0.191 e. The van der Waals surface area contributed by atoms with E-state index in [2.05, 4.69) is 20.8 Å². The Hall–Kier alpha value is -1.70. The summed E-state index contributed by atoms with van der Waals surface area (Å²) in [5.41, 5.74) is 0.939. The number of ether oxygens (including phenoxy) is 1. The Balaban J connectivity index is 1.57. The van der Waals surface area contributed by atoms with Crippen molar-refractivity contribution >= 4 is 23.1 Å². The summed E-state index contributed by atoms with van der Waals surface area (Å²) in [6.07, 6.45) is 2.38. The van der Waals surface area contributed by atoms with Gasteiger partial charge >= 0.3 is 0 Å². The summed E-state index contributed by atoms with van der Waals surface area (Å²) < 4.78 is 21.3. The molecule has 1 aromatic carbocycles. The summed E-state index contributed by atoms with van der Waals surface area (Å²) in [4.78, 5) is 1.10. The monoisotopic (exact) mass is 375 g/mol. The van der Waals surface area contributed by atoms with E-state index in [1.165, 1.54) is 6.07 Å². The second-order valence-corrected chi connectivity index (χ2v) is 7.84. The molecule has 7 heteroatoms. The predicted molar refractivity (Wildman–Crippen MR) is 98.3 cm³/mol. The number of hydrogen-bond acceptors (Lipinski definition) is 5. The van der Waals surface area contributed by atoms with E-state index in [1.54, 1.807) is 35.2 Å². The molecule has 0 spiro atoms. The second-order valence-electron chi connectivity index (χ2n) is 5.95. The lowest BCUT2D eigenvalue weighted by Crippen LogP contribution is -2.16. The van der Waals surface area contributed by atoms with Crippen LogP contribution in [0.3, 0.4) is 0 Å². The molecule has 3 heterocycles. The number of benzene rings is 1. The van der Waals surface area contributed by atoms with Crippen LogP contribution in [0.5, 0.6) is 0 Å². The third-order valence-corrected chi connectivity index (χ3v) is 6.03. The van der Waals surface area contributed by atoms with Gasteiger partial charge in [-0.3, -0.25) is 4.57 Å². The third-order valence-electron chi connectivity index (χ3n) is 4.13.